The summed E-state index contributed by atoms with van der Waals surface area (Å²) < 4.78 is 12.9. The van der Waals surface area contributed by atoms with Gasteiger partial charge in [0.1, 0.15) is 11.4 Å². The van der Waals surface area contributed by atoms with Crippen molar-refractivity contribution in [3.8, 4) is 0 Å². The third-order valence-electron chi connectivity index (χ3n) is 2.21. The van der Waals surface area contributed by atoms with Crippen molar-refractivity contribution in [2.24, 2.45) is 0 Å². The standard InChI is InChI=1S/C11H11Cl2FN2O3/c1-11(2,9(17)18)16-10(19)15-8-6(12)3-5(14)4-7(8)13/h3-4H,1-2H3,(H,17,18)(H2,15,16,19). The van der Waals surface area contributed by atoms with E-state index in [2.05, 4.69) is 10.6 Å². The number of amides is 2. The molecule has 19 heavy (non-hydrogen) atoms. The largest absolute Gasteiger partial charge is 0.480 e. The van der Waals surface area contributed by atoms with Gasteiger partial charge in [0.2, 0.25) is 0 Å². The van der Waals surface area contributed by atoms with Crippen molar-refractivity contribution in [1.82, 2.24) is 5.32 Å². The topological polar surface area (TPSA) is 78.4 Å². The van der Waals surface area contributed by atoms with Crippen LogP contribution in [0.25, 0.3) is 0 Å². The maximum atomic E-state index is 12.9. The van der Waals surface area contributed by atoms with E-state index in [1.54, 1.807) is 0 Å². The summed E-state index contributed by atoms with van der Waals surface area (Å²) in [6, 6.07) is 1.14. The fourth-order valence-electron chi connectivity index (χ4n) is 1.14. The van der Waals surface area contributed by atoms with Crippen LogP contribution in [0.4, 0.5) is 14.9 Å². The monoisotopic (exact) mass is 308 g/mol. The van der Waals surface area contributed by atoms with Gasteiger partial charge in [-0.05, 0) is 26.0 Å². The Hall–Kier alpha value is -1.53. The van der Waals surface area contributed by atoms with E-state index in [1.807, 2.05) is 0 Å². The van der Waals surface area contributed by atoms with Gasteiger partial charge in [0.25, 0.3) is 0 Å². The number of carboxylic acids is 1. The van der Waals surface area contributed by atoms with Crippen molar-refractivity contribution in [1.29, 1.82) is 0 Å². The van der Waals surface area contributed by atoms with E-state index in [9.17, 15) is 14.0 Å². The highest BCUT2D eigenvalue weighted by Crippen LogP contribution is 2.31. The molecule has 0 spiro atoms. The third kappa shape index (κ3) is 3.97. The first-order valence-electron chi connectivity index (χ1n) is 5.10. The highest BCUT2D eigenvalue weighted by atomic mass is 35.5. The van der Waals surface area contributed by atoms with Gasteiger partial charge < -0.3 is 15.7 Å². The van der Waals surface area contributed by atoms with Crippen LogP contribution in [0.2, 0.25) is 10.0 Å². The summed E-state index contributed by atoms with van der Waals surface area (Å²) in [6.07, 6.45) is 0. The van der Waals surface area contributed by atoms with Gasteiger partial charge >= 0.3 is 12.0 Å². The van der Waals surface area contributed by atoms with Crippen LogP contribution in [-0.4, -0.2) is 22.6 Å². The zero-order valence-electron chi connectivity index (χ0n) is 10.1. The lowest BCUT2D eigenvalue weighted by Crippen LogP contribution is -2.51. The summed E-state index contributed by atoms with van der Waals surface area (Å²) in [5, 5.41) is 13.2. The van der Waals surface area contributed by atoms with E-state index < -0.39 is 23.4 Å². The molecule has 0 radical (unpaired) electrons. The first-order chi connectivity index (χ1) is 8.63. The van der Waals surface area contributed by atoms with E-state index in [4.69, 9.17) is 28.3 Å². The number of hydrogen-bond donors (Lipinski definition) is 3. The maximum absolute atomic E-state index is 12.9. The zero-order valence-corrected chi connectivity index (χ0v) is 11.6. The first kappa shape index (κ1) is 15.5. The predicted octanol–water partition coefficient (Wildman–Crippen LogP) is 3.12. The summed E-state index contributed by atoms with van der Waals surface area (Å²) in [4.78, 5) is 22.5. The number of nitrogens with one attached hydrogen (secondary N) is 2. The number of anilines is 1. The lowest BCUT2D eigenvalue weighted by atomic mass is 10.1. The third-order valence-corrected chi connectivity index (χ3v) is 2.80. The molecule has 0 aromatic heterocycles. The molecule has 0 heterocycles. The number of aliphatic carboxylic acids is 1. The maximum Gasteiger partial charge on any atom is 0.328 e. The summed E-state index contributed by atoms with van der Waals surface area (Å²) in [5.74, 6) is -1.86. The number of benzene rings is 1. The minimum Gasteiger partial charge on any atom is -0.480 e. The van der Waals surface area contributed by atoms with E-state index in [-0.39, 0.29) is 15.7 Å². The minimum absolute atomic E-state index is 0.00317. The van der Waals surface area contributed by atoms with E-state index in [0.717, 1.165) is 12.1 Å². The Bertz CT molecular complexity index is 512. The number of hydrogen-bond acceptors (Lipinski definition) is 2. The van der Waals surface area contributed by atoms with Gasteiger partial charge in [0.05, 0.1) is 15.7 Å². The minimum atomic E-state index is -1.47. The fraction of sp³-hybridized carbons (Fsp3) is 0.273. The van der Waals surface area contributed by atoms with Crippen LogP contribution in [0.3, 0.4) is 0 Å². The second-order valence-corrected chi connectivity index (χ2v) is 5.07. The van der Waals surface area contributed by atoms with Gasteiger partial charge in [0, 0.05) is 0 Å². The van der Waals surface area contributed by atoms with Gasteiger partial charge in [-0.3, -0.25) is 0 Å². The fourth-order valence-corrected chi connectivity index (χ4v) is 1.70. The van der Waals surface area contributed by atoms with Gasteiger partial charge in [-0.2, -0.15) is 0 Å². The van der Waals surface area contributed by atoms with E-state index >= 15 is 0 Å². The number of rotatable bonds is 3. The smallest absolute Gasteiger partial charge is 0.328 e. The number of carbonyl (C=O) groups is 2. The molecule has 0 saturated heterocycles. The van der Waals surface area contributed by atoms with Gasteiger partial charge in [0.15, 0.2) is 0 Å². The van der Waals surface area contributed by atoms with Crippen LogP contribution < -0.4 is 10.6 Å². The van der Waals surface area contributed by atoms with Crippen LogP contribution in [0, 0.1) is 5.82 Å². The molecule has 0 bridgehead atoms. The molecule has 8 heteroatoms. The van der Waals surface area contributed by atoms with Crippen LogP contribution in [0.15, 0.2) is 12.1 Å². The average molecular weight is 309 g/mol. The first-order valence-corrected chi connectivity index (χ1v) is 5.86. The Balaban J connectivity index is 2.87. The lowest BCUT2D eigenvalue weighted by molar-refractivity contribution is -0.142. The van der Waals surface area contributed by atoms with Crippen molar-refractivity contribution in [2.45, 2.75) is 19.4 Å². The molecule has 0 atom stereocenters. The van der Waals surface area contributed by atoms with Crippen LogP contribution in [0.5, 0.6) is 0 Å². The second-order valence-electron chi connectivity index (χ2n) is 4.25. The van der Waals surface area contributed by atoms with Crippen molar-refractivity contribution in [3.63, 3.8) is 0 Å². The van der Waals surface area contributed by atoms with Crippen molar-refractivity contribution in [2.75, 3.05) is 5.32 Å². The molecule has 0 fully saturated rings. The summed E-state index contributed by atoms with van der Waals surface area (Å²) >= 11 is 11.5. The Morgan fingerprint density at radius 3 is 2.16 bits per heavy atom. The Kier molecular flexibility index (Phi) is 4.60. The van der Waals surface area contributed by atoms with Gasteiger partial charge in [-0.15, -0.1) is 0 Å². The van der Waals surface area contributed by atoms with Crippen LogP contribution in [0.1, 0.15) is 13.8 Å². The van der Waals surface area contributed by atoms with E-state index in [0.29, 0.717) is 0 Å². The zero-order chi connectivity index (χ0) is 14.8. The summed E-state index contributed by atoms with van der Waals surface area (Å²) in [5.41, 5.74) is -1.47. The molecule has 1 aromatic rings. The normalized spacial score (nSPS) is 11.0. The molecule has 1 rings (SSSR count). The molecular formula is C11H11Cl2FN2O3. The van der Waals surface area contributed by atoms with Gasteiger partial charge in [-0.25, -0.2) is 14.0 Å². The second kappa shape index (κ2) is 5.63. The molecule has 0 aliphatic heterocycles. The number of carboxylic acid groups (broad SMARTS) is 1. The molecular weight excluding hydrogens is 298 g/mol. The summed E-state index contributed by atoms with van der Waals surface area (Å²) in [7, 11) is 0. The molecule has 104 valence electrons. The Morgan fingerprint density at radius 2 is 1.74 bits per heavy atom. The molecule has 3 N–H and O–H groups in total. The van der Waals surface area contributed by atoms with E-state index in [1.165, 1.54) is 13.8 Å². The SMILES string of the molecule is CC(C)(NC(=O)Nc1c(Cl)cc(F)cc1Cl)C(=O)O. The number of carbonyl (C=O) groups excluding carboxylic acids is 1. The molecule has 0 aliphatic carbocycles. The quantitative estimate of drug-likeness (QED) is 0.802. The Morgan fingerprint density at radius 1 is 1.26 bits per heavy atom. The molecule has 0 aliphatic rings. The van der Waals surface area contributed by atoms with Crippen molar-refractivity contribution in [3.05, 3.63) is 28.0 Å². The molecule has 0 saturated carbocycles. The number of urea groups is 1. The van der Waals surface area contributed by atoms with Crippen molar-refractivity contribution < 1.29 is 19.1 Å². The lowest BCUT2D eigenvalue weighted by Gasteiger charge is -2.21. The summed E-state index contributed by atoms with van der Waals surface area (Å²) in [6.45, 7) is 2.62. The van der Waals surface area contributed by atoms with Crippen LogP contribution >= 0.6 is 23.2 Å². The molecule has 0 unspecified atom stereocenters. The van der Waals surface area contributed by atoms with Crippen LogP contribution in [-0.2, 0) is 4.79 Å². The van der Waals surface area contributed by atoms with Crippen molar-refractivity contribution >= 4 is 40.9 Å². The molecule has 2 amide bonds. The molecule has 1 aromatic carbocycles. The highest BCUT2D eigenvalue weighted by molar-refractivity contribution is 6.39. The molecule has 5 nitrogen and oxygen atoms in total. The number of halogens is 3. The average Bonchev–Trinajstić information content (AvgIpc) is 2.22. The van der Waals surface area contributed by atoms with Gasteiger partial charge in [-0.1, -0.05) is 23.2 Å². The highest BCUT2D eigenvalue weighted by Gasteiger charge is 2.29. The Labute approximate surface area is 118 Å². The predicted molar refractivity (Wildman–Crippen MR) is 70.3 cm³/mol.